The molecule has 14 rings (SSSR count). The van der Waals surface area contributed by atoms with Gasteiger partial charge in [0, 0.05) is 33.0 Å². The Morgan fingerprint density at radius 3 is 1.05 bits per heavy atom. The van der Waals surface area contributed by atoms with E-state index in [0.717, 1.165) is 111 Å². The quantitative estimate of drug-likeness (QED) is 0.142. The molecule has 0 bridgehead atoms. The van der Waals surface area contributed by atoms with Gasteiger partial charge in [-0.1, -0.05) is 158 Å². The van der Waals surface area contributed by atoms with E-state index in [2.05, 4.69) is 174 Å². The second-order valence-electron chi connectivity index (χ2n) is 18.1. The minimum Gasteiger partial charge on any atom is -0.436 e. The van der Waals surface area contributed by atoms with Crippen LogP contribution in [0.5, 0.6) is 0 Å². The van der Waals surface area contributed by atoms with Crippen molar-refractivity contribution in [1.82, 2.24) is 29.5 Å². The molecule has 14 aromatic rings. The van der Waals surface area contributed by atoms with Crippen molar-refractivity contribution in [2.75, 3.05) is 0 Å². The van der Waals surface area contributed by atoms with E-state index in [9.17, 15) is 0 Å². The fourth-order valence-electron chi connectivity index (χ4n) is 9.91. The van der Waals surface area contributed by atoms with Gasteiger partial charge < -0.3 is 8.83 Å². The third-order valence-electron chi connectivity index (χ3n) is 13.5. The van der Waals surface area contributed by atoms with E-state index >= 15 is 0 Å². The van der Waals surface area contributed by atoms with Crippen molar-refractivity contribution < 1.29 is 8.83 Å². The van der Waals surface area contributed by atoms with Crippen molar-refractivity contribution in [1.29, 1.82) is 0 Å². The maximum absolute atomic E-state index is 6.19. The summed E-state index contributed by atoms with van der Waals surface area (Å²) in [5.74, 6) is 2.73. The van der Waals surface area contributed by atoms with Gasteiger partial charge in [-0.15, -0.1) is 0 Å². The topological polar surface area (TPSA) is 95.7 Å². The van der Waals surface area contributed by atoms with Crippen LogP contribution in [0.1, 0.15) is 0 Å². The maximum atomic E-state index is 6.19. The molecule has 10 aromatic carbocycles. The highest BCUT2D eigenvalue weighted by Crippen LogP contribution is 2.39. The number of para-hydroxylation sites is 4. The Kier molecular flexibility index (Phi) is 9.99. The van der Waals surface area contributed by atoms with Crippen molar-refractivity contribution in [3.63, 3.8) is 0 Å². The van der Waals surface area contributed by atoms with Crippen molar-refractivity contribution in [2.45, 2.75) is 0 Å². The van der Waals surface area contributed by atoms with Gasteiger partial charge in [-0.2, -0.15) is 9.97 Å². The lowest BCUT2D eigenvalue weighted by atomic mass is 10.00. The lowest BCUT2D eigenvalue weighted by molar-refractivity contribution is 0.619. The lowest BCUT2D eigenvalue weighted by Crippen LogP contribution is -2.06. The molecule has 0 radical (unpaired) electrons. The van der Waals surface area contributed by atoms with Crippen LogP contribution in [0.15, 0.2) is 251 Å². The normalized spacial score (nSPS) is 11.6. The second kappa shape index (κ2) is 17.4. The molecule has 0 spiro atoms. The highest BCUT2D eigenvalue weighted by atomic mass is 16.4. The van der Waals surface area contributed by atoms with Crippen LogP contribution >= 0.6 is 0 Å². The van der Waals surface area contributed by atoms with E-state index in [0.29, 0.717) is 29.4 Å². The average molecular weight is 937 g/mol. The van der Waals surface area contributed by atoms with E-state index in [1.807, 2.05) is 72.8 Å². The second-order valence-corrected chi connectivity index (χ2v) is 18.1. The summed E-state index contributed by atoms with van der Waals surface area (Å²) in [5, 5.41) is 2.19. The zero-order valence-electron chi connectivity index (χ0n) is 39.1. The van der Waals surface area contributed by atoms with Crippen molar-refractivity contribution in [2.24, 2.45) is 0 Å². The predicted molar refractivity (Wildman–Crippen MR) is 293 cm³/mol. The molecule has 4 aromatic heterocycles. The molecule has 342 valence electrons. The molecule has 0 atom stereocenters. The zero-order valence-corrected chi connectivity index (χ0v) is 39.1. The van der Waals surface area contributed by atoms with Crippen molar-refractivity contribution in [3.8, 4) is 96.1 Å². The van der Waals surface area contributed by atoms with Crippen LogP contribution in [-0.4, -0.2) is 29.5 Å². The number of benzene rings is 10. The smallest absolute Gasteiger partial charge is 0.238 e. The van der Waals surface area contributed by atoms with Crippen LogP contribution in [0, 0.1) is 0 Å². The molecule has 0 fully saturated rings. The van der Waals surface area contributed by atoms with Gasteiger partial charge in [0.25, 0.3) is 0 Å². The Balaban J connectivity index is 0.939. The number of oxazole rings is 2. The van der Waals surface area contributed by atoms with Crippen molar-refractivity contribution >= 4 is 44.0 Å². The molecule has 8 heteroatoms. The fourth-order valence-corrected chi connectivity index (χ4v) is 9.91. The molecule has 0 saturated heterocycles. The van der Waals surface area contributed by atoms with Crippen LogP contribution in [-0.2, 0) is 0 Å². The van der Waals surface area contributed by atoms with E-state index in [1.165, 1.54) is 0 Å². The summed E-state index contributed by atoms with van der Waals surface area (Å²) in [5.41, 5.74) is 17.1. The van der Waals surface area contributed by atoms with Gasteiger partial charge in [-0.25, -0.2) is 15.0 Å². The lowest BCUT2D eigenvalue weighted by Gasteiger charge is -2.13. The summed E-state index contributed by atoms with van der Waals surface area (Å²) in [6.07, 6.45) is 0. The van der Waals surface area contributed by atoms with E-state index < -0.39 is 0 Å². The number of fused-ring (bicyclic) bond motifs is 5. The highest BCUT2D eigenvalue weighted by molar-refractivity contribution is 6.11. The molecular formula is C65H40N6O2. The van der Waals surface area contributed by atoms with Gasteiger partial charge in [-0.3, -0.25) is 4.57 Å². The van der Waals surface area contributed by atoms with Crippen LogP contribution in [0.2, 0.25) is 0 Å². The fraction of sp³-hybridized carbons (Fsp3) is 0. The summed E-state index contributed by atoms with van der Waals surface area (Å²) < 4.78 is 14.6. The minimum absolute atomic E-state index is 0.506. The SMILES string of the molecule is c1ccc(-c2ccc3c(c2)c2cc(-c4ccccc4)ccc2n3-c2nc(-c3cccc(-c4cccc(-c5nc6ccccc6o5)c4)c3)nc(-c3cccc(-c4cccc(-c5nc6ccccc6o5)c4)c3)n2)cc1. The van der Waals surface area contributed by atoms with Crippen LogP contribution in [0.25, 0.3) is 140 Å². The molecule has 0 aliphatic heterocycles. The highest BCUT2D eigenvalue weighted by Gasteiger charge is 2.21. The van der Waals surface area contributed by atoms with E-state index in [-0.39, 0.29) is 0 Å². The number of hydrogen-bond donors (Lipinski definition) is 0. The monoisotopic (exact) mass is 936 g/mol. The van der Waals surface area contributed by atoms with Crippen LogP contribution in [0.3, 0.4) is 0 Å². The molecule has 4 heterocycles. The van der Waals surface area contributed by atoms with Gasteiger partial charge in [-0.05, 0) is 129 Å². The molecule has 0 unspecified atom stereocenters. The first kappa shape index (κ1) is 41.9. The molecule has 0 aliphatic rings. The van der Waals surface area contributed by atoms with Crippen LogP contribution in [0.4, 0.5) is 0 Å². The first-order chi connectivity index (χ1) is 36.1. The first-order valence-electron chi connectivity index (χ1n) is 24.2. The van der Waals surface area contributed by atoms with Gasteiger partial charge in [0.05, 0.1) is 11.0 Å². The Bertz CT molecular complexity index is 4060. The van der Waals surface area contributed by atoms with Gasteiger partial charge in [0.1, 0.15) is 11.0 Å². The third-order valence-corrected chi connectivity index (χ3v) is 13.5. The van der Waals surface area contributed by atoms with E-state index in [4.69, 9.17) is 33.8 Å². The number of nitrogens with zero attached hydrogens (tertiary/aromatic N) is 6. The average Bonchev–Trinajstić information content (AvgIpc) is 4.20. The van der Waals surface area contributed by atoms with E-state index in [1.54, 1.807) is 0 Å². The summed E-state index contributed by atoms with van der Waals surface area (Å²) >= 11 is 0. The van der Waals surface area contributed by atoms with Gasteiger partial charge >= 0.3 is 0 Å². The van der Waals surface area contributed by atoms with Gasteiger partial charge in [0.2, 0.25) is 17.7 Å². The summed E-state index contributed by atoms with van der Waals surface area (Å²) in [4.78, 5) is 25.7. The third kappa shape index (κ3) is 7.71. The first-order valence-corrected chi connectivity index (χ1v) is 24.2. The Morgan fingerprint density at radius 2 is 0.616 bits per heavy atom. The predicted octanol–water partition coefficient (Wildman–Crippen LogP) is 16.6. The maximum Gasteiger partial charge on any atom is 0.238 e. The van der Waals surface area contributed by atoms with Gasteiger partial charge in [0.15, 0.2) is 22.8 Å². The van der Waals surface area contributed by atoms with Crippen molar-refractivity contribution in [3.05, 3.63) is 243 Å². The Morgan fingerprint density at radius 1 is 0.260 bits per heavy atom. The number of hydrogen-bond acceptors (Lipinski definition) is 7. The summed E-state index contributed by atoms with van der Waals surface area (Å²) in [7, 11) is 0. The summed E-state index contributed by atoms with van der Waals surface area (Å²) in [6, 6.07) is 83.4. The Labute approximate surface area is 419 Å². The molecule has 0 aliphatic carbocycles. The molecule has 8 nitrogen and oxygen atoms in total. The largest absolute Gasteiger partial charge is 0.436 e. The minimum atomic E-state index is 0.506. The molecular weight excluding hydrogens is 897 g/mol. The number of aromatic nitrogens is 6. The standard InChI is InChI=1S/C65H40N6O2/c1-3-15-41(16-4-1)47-31-33-57-53(39-47)54-40-48(42-17-5-2-6-18-42)32-34-58(54)71(57)65-69-61(49-23-11-19-43(35-49)45-21-13-25-51(37-45)63-66-55-27-7-9-29-59(55)72-63)68-62(70-65)50-24-12-20-44(36-50)46-22-14-26-52(38-46)64-67-56-28-8-10-30-60(56)73-64/h1-40H. The number of rotatable bonds is 9. The molecule has 73 heavy (non-hydrogen) atoms. The molecule has 0 N–H and O–H groups in total. The molecule has 0 amide bonds. The Hall–Kier alpha value is -10.1. The zero-order chi connectivity index (χ0) is 48.2. The molecule has 0 saturated carbocycles. The van der Waals surface area contributed by atoms with Crippen LogP contribution < -0.4 is 0 Å². The summed E-state index contributed by atoms with van der Waals surface area (Å²) in [6.45, 7) is 0.